The molecular weight excluding hydrogens is 354 g/mol. The van der Waals surface area contributed by atoms with Gasteiger partial charge in [0, 0.05) is 29.6 Å². The van der Waals surface area contributed by atoms with Gasteiger partial charge in [-0.3, -0.25) is 9.59 Å². The second-order valence-corrected chi connectivity index (χ2v) is 6.22. The van der Waals surface area contributed by atoms with Crippen molar-refractivity contribution in [3.8, 4) is 5.75 Å². The summed E-state index contributed by atoms with van der Waals surface area (Å²) in [5.74, 6) is 1.08. The molecule has 0 unspecified atom stereocenters. The number of rotatable bonds is 7. The fourth-order valence-corrected chi connectivity index (χ4v) is 2.62. The van der Waals surface area contributed by atoms with Gasteiger partial charge in [-0.2, -0.15) is 0 Å². The zero-order valence-corrected chi connectivity index (χ0v) is 15.7. The maximum atomic E-state index is 12.5. The van der Waals surface area contributed by atoms with Gasteiger partial charge in [-0.25, -0.2) is 4.98 Å². The van der Waals surface area contributed by atoms with Crippen LogP contribution in [-0.4, -0.2) is 23.8 Å². The molecule has 2 N–H and O–H groups in total. The van der Waals surface area contributed by atoms with Crippen LogP contribution in [-0.2, 0) is 6.54 Å². The molecule has 142 valence electrons. The predicted octanol–water partition coefficient (Wildman–Crippen LogP) is 4.16. The number of benzene rings is 2. The summed E-state index contributed by atoms with van der Waals surface area (Å²) in [6, 6.07) is 17.9. The standard InChI is InChI=1S/C22H21N3O3/c1-15(26)17-4-3-5-19(12-17)25-22(27)18-10-11-23-21(13-18)24-14-16-6-8-20(28-2)9-7-16/h3-13H,14H2,1-2H3,(H,23,24)(H,25,27). The molecule has 0 aliphatic rings. The molecular formula is C22H21N3O3. The number of ether oxygens (including phenoxy) is 1. The molecule has 1 heterocycles. The van der Waals surface area contributed by atoms with Crippen LogP contribution in [0.15, 0.2) is 66.9 Å². The summed E-state index contributed by atoms with van der Waals surface area (Å²) in [4.78, 5) is 28.3. The molecule has 2 aromatic carbocycles. The second-order valence-electron chi connectivity index (χ2n) is 6.22. The zero-order chi connectivity index (χ0) is 19.9. The number of carbonyl (C=O) groups is 2. The van der Waals surface area contributed by atoms with Gasteiger partial charge in [0.25, 0.3) is 5.91 Å². The number of aromatic nitrogens is 1. The first-order chi connectivity index (χ1) is 13.5. The van der Waals surface area contributed by atoms with E-state index in [9.17, 15) is 9.59 Å². The van der Waals surface area contributed by atoms with Gasteiger partial charge >= 0.3 is 0 Å². The number of carbonyl (C=O) groups excluding carboxylic acids is 2. The van der Waals surface area contributed by atoms with E-state index >= 15 is 0 Å². The van der Waals surface area contributed by atoms with Crippen molar-refractivity contribution in [2.45, 2.75) is 13.5 Å². The van der Waals surface area contributed by atoms with Crippen molar-refractivity contribution in [2.24, 2.45) is 0 Å². The fraction of sp³-hybridized carbons (Fsp3) is 0.136. The number of pyridine rings is 1. The number of Topliss-reactive ketones (excluding diaryl/α,β-unsaturated/α-hetero) is 1. The molecule has 0 spiro atoms. The maximum Gasteiger partial charge on any atom is 0.255 e. The molecule has 0 saturated heterocycles. The van der Waals surface area contributed by atoms with Crippen LogP contribution < -0.4 is 15.4 Å². The highest BCUT2D eigenvalue weighted by atomic mass is 16.5. The number of ketones is 1. The Labute approximate surface area is 163 Å². The summed E-state index contributed by atoms with van der Waals surface area (Å²) < 4.78 is 5.15. The minimum atomic E-state index is -0.268. The van der Waals surface area contributed by atoms with Crippen LogP contribution in [0.1, 0.15) is 33.2 Å². The molecule has 0 atom stereocenters. The topological polar surface area (TPSA) is 80.3 Å². The molecule has 3 rings (SSSR count). The van der Waals surface area contributed by atoms with Crippen molar-refractivity contribution in [1.82, 2.24) is 4.98 Å². The van der Waals surface area contributed by atoms with Gasteiger partial charge < -0.3 is 15.4 Å². The van der Waals surface area contributed by atoms with Gasteiger partial charge in [-0.15, -0.1) is 0 Å². The lowest BCUT2D eigenvalue weighted by Gasteiger charge is -2.09. The number of hydrogen-bond acceptors (Lipinski definition) is 5. The monoisotopic (exact) mass is 375 g/mol. The SMILES string of the molecule is COc1ccc(CNc2cc(C(=O)Nc3cccc(C(C)=O)c3)ccn2)cc1. The summed E-state index contributed by atoms with van der Waals surface area (Å²) in [7, 11) is 1.63. The maximum absolute atomic E-state index is 12.5. The average Bonchev–Trinajstić information content (AvgIpc) is 2.73. The van der Waals surface area contributed by atoms with E-state index in [4.69, 9.17) is 4.74 Å². The summed E-state index contributed by atoms with van der Waals surface area (Å²) in [5, 5.41) is 6.01. The Hall–Kier alpha value is -3.67. The first kappa shape index (κ1) is 19.1. The molecule has 1 aromatic heterocycles. The van der Waals surface area contributed by atoms with Crippen LogP contribution in [0.4, 0.5) is 11.5 Å². The van der Waals surface area contributed by atoms with Crippen molar-refractivity contribution < 1.29 is 14.3 Å². The van der Waals surface area contributed by atoms with E-state index in [2.05, 4.69) is 15.6 Å². The van der Waals surface area contributed by atoms with Crippen LogP contribution >= 0.6 is 0 Å². The smallest absolute Gasteiger partial charge is 0.255 e. The quantitative estimate of drug-likeness (QED) is 0.606. The highest BCUT2D eigenvalue weighted by Gasteiger charge is 2.09. The molecule has 28 heavy (non-hydrogen) atoms. The molecule has 3 aromatic rings. The van der Waals surface area contributed by atoms with Crippen molar-refractivity contribution in [3.05, 3.63) is 83.6 Å². The molecule has 0 fully saturated rings. The van der Waals surface area contributed by atoms with Crippen LogP contribution in [0.3, 0.4) is 0 Å². The van der Waals surface area contributed by atoms with Gasteiger partial charge in [0.2, 0.25) is 0 Å². The number of amides is 1. The molecule has 6 nitrogen and oxygen atoms in total. The van der Waals surface area contributed by atoms with Gasteiger partial charge in [0.15, 0.2) is 5.78 Å². The van der Waals surface area contributed by atoms with Crippen molar-refractivity contribution >= 4 is 23.2 Å². The second kappa shape index (κ2) is 8.81. The number of anilines is 2. The van der Waals surface area contributed by atoms with E-state index in [-0.39, 0.29) is 11.7 Å². The Morgan fingerprint density at radius 3 is 2.50 bits per heavy atom. The van der Waals surface area contributed by atoms with Crippen LogP contribution in [0.5, 0.6) is 5.75 Å². The van der Waals surface area contributed by atoms with E-state index < -0.39 is 0 Å². The first-order valence-corrected chi connectivity index (χ1v) is 8.80. The largest absolute Gasteiger partial charge is 0.497 e. The zero-order valence-electron chi connectivity index (χ0n) is 15.7. The van der Waals surface area contributed by atoms with E-state index in [0.29, 0.717) is 29.2 Å². The molecule has 0 aliphatic heterocycles. The van der Waals surface area contributed by atoms with Gasteiger partial charge in [-0.05, 0) is 48.9 Å². The van der Waals surface area contributed by atoms with Gasteiger partial charge in [0.05, 0.1) is 7.11 Å². The van der Waals surface area contributed by atoms with Gasteiger partial charge in [-0.1, -0.05) is 24.3 Å². The summed E-state index contributed by atoms with van der Waals surface area (Å²) in [6.45, 7) is 2.06. The minimum Gasteiger partial charge on any atom is -0.497 e. The molecule has 0 bridgehead atoms. The number of nitrogens with zero attached hydrogens (tertiary/aromatic N) is 1. The Morgan fingerprint density at radius 2 is 1.79 bits per heavy atom. The van der Waals surface area contributed by atoms with Gasteiger partial charge in [0.1, 0.15) is 11.6 Å². The van der Waals surface area contributed by atoms with Crippen LogP contribution in [0.2, 0.25) is 0 Å². The summed E-state index contributed by atoms with van der Waals surface area (Å²) in [5.41, 5.74) is 2.66. The van der Waals surface area contributed by atoms with Crippen LogP contribution in [0.25, 0.3) is 0 Å². The molecule has 0 aliphatic carbocycles. The lowest BCUT2D eigenvalue weighted by molar-refractivity contribution is 0.101. The highest BCUT2D eigenvalue weighted by molar-refractivity contribution is 6.05. The molecule has 0 saturated carbocycles. The Morgan fingerprint density at radius 1 is 1.00 bits per heavy atom. The molecule has 1 amide bonds. The third kappa shape index (κ3) is 4.94. The van der Waals surface area contributed by atoms with Crippen molar-refractivity contribution in [3.63, 3.8) is 0 Å². The lowest BCUT2D eigenvalue weighted by atomic mass is 10.1. The van der Waals surface area contributed by atoms with E-state index in [0.717, 1.165) is 11.3 Å². The third-order valence-corrected chi connectivity index (χ3v) is 4.18. The van der Waals surface area contributed by atoms with E-state index in [1.54, 1.807) is 49.7 Å². The lowest BCUT2D eigenvalue weighted by Crippen LogP contribution is -2.13. The van der Waals surface area contributed by atoms with E-state index in [1.165, 1.54) is 6.92 Å². The summed E-state index contributed by atoms with van der Waals surface area (Å²) in [6.07, 6.45) is 1.58. The number of methoxy groups -OCH3 is 1. The average molecular weight is 375 g/mol. The van der Waals surface area contributed by atoms with E-state index in [1.807, 2.05) is 24.3 Å². The normalized spacial score (nSPS) is 10.2. The number of hydrogen-bond donors (Lipinski definition) is 2. The predicted molar refractivity (Wildman–Crippen MR) is 109 cm³/mol. The minimum absolute atomic E-state index is 0.0509. The Balaban J connectivity index is 1.65. The number of nitrogens with one attached hydrogen (secondary N) is 2. The summed E-state index contributed by atoms with van der Waals surface area (Å²) >= 11 is 0. The Kier molecular flexibility index (Phi) is 6.01. The molecule has 6 heteroatoms. The van der Waals surface area contributed by atoms with Crippen molar-refractivity contribution in [1.29, 1.82) is 0 Å². The highest BCUT2D eigenvalue weighted by Crippen LogP contribution is 2.16. The van der Waals surface area contributed by atoms with Crippen LogP contribution in [0, 0.1) is 0 Å². The fourth-order valence-electron chi connectivity index (χ4n) is 2.62. The Bertz CT molecular complexity index is 984. The first-order valence-electron chi connectivity index (χ1n) is 8.80. The molecule has 0 radical (unpaired) electrons. The third-order valence-electron chi connectivity index (χ3n) is 4.18. The van der Waals surface area contributed by atoms with Crippen molar-refractivity contribution in [2.75, 3.05) is 17.7 Å².